The number of H-pyrrole nitrogens is 1. The Kier molecular flexibility index (Phi) is 6.40. The van der Waals surface area contributed by atoms with Gasteiger partial charge in [-0.15, -0.1) is 0 Å². The van der Waals surface area contributed by atoms with Crippen LogP contribution in [0.1, 0.15) is 11.1 Å². The second kappa shape index (κ2) is 9.21. The first-order chi connectivity index (χ1) is 15.0. The van der Waals surface area contributed by atoms with E-state index in [4.69, 9.17) is 4.74 Å². The number of hydrogen-bond acceptors (Lipinski definition) is 7. The first kappa shape index (κ1) is 21.5. The fourth-order valence-corrected chi connectivity index (χ4v) is 4.73. The number of methoxy groups -OCH3 is 1. The molecular weight excluding hydrogens is 416 g/mol. The lowest BCUT2D eigenvalue weighted by Gasteiger charge is -2.35. The van der Waals surface area contributed by atoms with E-state index in [0.29, 0.717) is 5.75 Å². The molecule has 10 heteroatoms. The summed E-state index contributed by atoms with van der Waals surface area (Å²) >= 11 is 0. The smallest absolute Gasteiger partial charge is 0.215 e. The number of ether oxygens (including phenoxy) is 1. The molecule has 0 atom stereocenters. The van der Waals surface area contributed by atoms with Gasteiger partial charge >= 0.3 is 0 Å². The topological polar surface area (TPSA) is 103 Å². The van der Waals surface area contributed by atoms with Crippen molar-refractivity contribution in [3.63, 3.8) is 0 Å². The van der Waals surface area contributed by atoms with Crippen molar-refractivity contribution in [1.82, 2.24) is 24.6 Å². The van der Waals surface area contributed by atoms with Crippen molar-refractivity contribution in [3.05, 3.63) is 48.0 Å². The average Bonchev–Trinajstić information content (AvgIpc) is 3.20. The Balaban J connectivity index is 1.37. The summed E-state index contributed by atoms with van der Waals surface area (Å²) in [4.78, 5) is 16.4. The van der Waals surface area contributed by atoms with E-state index in [1.54, 1.807) is 19.6 Å². The first-order valence-electron chi connectivity index (χ1n) is 10.3. The minimum absolute atomic E-state index is 0.0154. The van der Waals surface area contributed by atoms with Gasteiger partial charge < -0.3 is 14.6 Å². The first-order valence-corrected chi connectivity index (χ1v) is 12.0. The molecule has 0 saturated carbocycles. The molecule has 4 rings (SSSR count). The molecule has 1 aromatic carbocycles. The van der Waals surface area contributed by atoms with Crippen LogP contribution in [0.3, 0.4) is 0 Å². The predicted octanol–water partition coefficient (Wildman–Crippen LogP) is 1.38. The molecule has 31 heavy (non-hydrogen) atoms. The van der Waals surface area contributed by atoms with Crippen molar-refractivity contribution in [2.45, 2.75) is 12.2 Å². The lowest BCUT2D eigenvalue weighted by atomic mass is 10.1. The molecule has 2 aromatic heterocycles. The van der Waals surface area contributed by atoms with Crippen LogP contribution in [0, 0.1) is 0 Å². The van der Waals surface area contributed by atoms with E-state index in [9.17, 15) is 8.42 Å². The molecule has 1 fully saturated rings. The monoisotopic (exact) mass is 444 g/mol. The highest BCUT2D eigenvalue weighted by Gasteiger charge is 2.21. The number of fused-ring (bicyclic) bond motifs is 1. The quantitative estimate of drug-likeness (QED) is 0.541. The molecule has 0 unspecified atom stereocenters. The van der Waals surface area contributed by atoms with Crippen molar-refractivity contribution < 1.29 is 13.2 Å². The molecule has 2 N–H and O–H groups in total. The summed E-state index contributed by atoms with van der Waals surface area (Å²) in [5, 5.41) is 1.09. The maximum atomic E-state index is 11.9. The number of sulfonamides is 1. The highest BCUT2D eigenvalue weighted by atomic mass is 32.2. The van der Waals surface area contributed by atoms with Gasteiger partial charge in [-0.2, -0.15) is 0 Å². The van der Waals surface area contributed by atoms with Gasteiger partial charge in [0.2, 0.25) is 10.0 Å². The third-order valence-corrected chi connectivity index (χ3v) is 7.08. The molecule has 0 aliphatic carbocycles. The van der Waals surface area contributed by atoms with E-state index >= 15 is 0 Å². The van der Waals surface area contributed by atoms with Crippen LogP contribution in [0.15, 0.2) is 36.9 Å². The number of nitrogens with one attached hydrogen (secondary N) is 2. The van der Waals surface area contributed by atoms with Crippen molar-refractivity contribution in [2.75, 3.05) is 51.8 Å². The van der Waals surface area contributed by atoms with Crippen LogP contribution in [0.25, 0.3) is 10.9 Å². The summed E-state index contributed by atoms with van der Waals surface area (Å²) in [5.41, 5.74) is 3.02. The minimum Gasteiger partial charge on any atom is -0.491 e. The normalized spacial score (nSPS) is 15.5. The predicted molar refractivity (Wildman–Crippen MR) is 121 cm³/mol. The largest absolute Gasteiger partial charge is 0.491 e. The second-order valence-electron chi connectivity index (χ2n) is 7.65. The Morgan fingerprint density at radius 3 is 2.77 bits per heavy atom. The Morgan fingerprint density at radius 2 is 2.03 bits per heavy atom. The van der Waals surface area contributed by atoms with Gasteiger partial charge in [0.1, 0.15) is 6.33 Å². The Bertz CT molecular complexity index is 1140. The van der Waals surface area contributed by atoms with Crippen LogP contribution < -0.4 is 14.4 Å². The molecule has 1 saturated heterocycles. The number of aromatic nitrogens is 3. The number of hydrogen-bond donors (Lipinski definition) is 2. The number of piperazine rings is 1. The summed E-state index contributed by atoms with van der Waals surface area (Å²) < 4.78 is 31.5. The Morgan fingerprint density at radius 1 is 1.23 bits per heavy atom. The van der Waals surface area contributed by atoms with Crippen molar-refractivity contribution in [1.29, 1.82) is 0 Å². The Labute approximate surface area is 182 Å². The zero-order valence-corrected chi connectivity index (χ0v) is 18.7. The number of benzene rings is 1. The molecule has 9 nitrogen and oxygen atoms in total. The van der Waals surface area contributed by atoms with E-state index in [2.05, 4.69) is 29.5 Å². The van der Waals surface area contributed by atoms with Crippen LogP contribution in [-0.2, 0) is 22.2 Å². The van der Waals surface area contributed by atoms with Gasteiger partial charge in [0.25, 0.3) is 0 Å². The molecular formula is C21H28N6O3S. The van der Waals surface area contributed by atoms with Gasteiger partial charge in [0, 0.05) is 49.8 Å². The van der Waals surface area contributed by atoms with Gasteiger partial charge in [-0.1, -0.05) is 6.07 Å². The van der Waals surface area contributed by atoms with E-state index in [0.717, 1.165) is 61.4 Å². The van der Waals surface area contributed by atoms with E-state index in [1.807, 2.05) is 24.4 Å². The lowest BCUT2D eigenvalue weighted by molar-refractivity contribution is 0.259. The van der Waals surface area contributed by atoms with Crippen molar-refractivity contribution >= 4 is 26.7 Å². The van der Waals surface area contributed by atoms with Crippen LogP contribution >= 0.6 is 0 Å². The molecule has 0 spiro atoms. The van der Waals surface area contributed by atoms with Gasteiger partial charge in [-0.25, -0.2) is 23.1 Å². The number of anilines is 1. The number of nitrogens with zero attached hydrogens (tertiary/aromatic N) is 4. The summed E-state index contributed by atoms with van der Waals surface area (Å²) in [6, 6.07) is 5.79. The highest BCUT2D eigenvalue weighted by Crippen LogP contribution is 2.25. The third-order valence-electron chi connectivity index (χ3n) is 5.75. The molecule has 3 aromatic rings. The second-order valence-corrected chi connectivity index (χ2v) is 9.58. The molecule has 166 valence electrons. The fourth-order valence-electron chi connectivity index (χ4n) is 3.97. The minimum atomic E-state index is -3.29. The van der Waals surface area contributed by atoms with E-state index in [1.165, 1.54) is 12.6 Å². The maximum Gasteiger partial charge on any atom is 0.215 e. The van der Waals surface area contributed by atoms with Crippen LogP contribution in [0.5, 0.6) is 5.75 Å². The molecule has 3 heterocycles. The standard InChI is InChI=1S/C21H28N6O3S/c1-22-31(28,29)14-16-3-4-19-18(11-16)17(12-24-19)5-6-26-7-9-27(10-8-26)21-20(30-2)13-23-15-25-21/h3-4,11-13,15,22,24H,5-10,14H2,1-2H3. The number of aromatic amines is 1. The third kappa shape index (κ3) is 4.97. The van der Waals surface area contributed by atoms with Gasteiger partial charge in [0.05, 0.1) is 19.1 Å². The SMILES string of the molecule is CNS(=O)(=O)Cc1ccc2[nH]cc(CCN3CCN(c4ncncc4OC)CC3)c2c1. The molecule has 1 aliphatic rings. The fraction of sp³-hybridized carbons (Fsp3) is 0.429. The van der Waals surface area contributed by atoms with E-state index < -0.39 is 10.0 Å². The summed E-state index contributed by atoms with van der Waals surface area (Å²) in [5.74, 6) is 1.53. The van der Waals surface area contributed by atoms with Gasteiger partial charge in [-0.3, -0.25) is 4.90 Å². The molecule has 0 bridgehead atoms. The van der Waals surface area contributed by atoms with Gasteiger partial charge in [0.15, 0.2) is 11.6 Å². The maximum absolute atomic E-state index is 11.9. The van der Waals surface area contributed by atoms with Crippen LogP contribution in [0.4, 0.5) is 5.82 Å². The summed E-state index contributed by atoms with van der Waals surface area (Å²) in [7, 11) is -0.212. The summed E-state index contributed by atoms with van der Waals surface area (Å²) in [6.45, 7) is 4.60. The zero-order chi connectivity index (χ0) is 21.8. The highest BCUT2D eigenvalue weighted by molar-refractivity contribution is 7.88. The van der Waals surface area contributed by atoms with Crippen LogP contribution in [0.2, 0.25) is 0 Å². The average molecular weight is 445 g/mol. The van der Waals surface area contributed by atoms with Crippen molar-refractivity contribution in [2.24, 2.45) is 0 Å². The van der Waals surface area contributed by atoms with Crippen LogP contribution in [-0.4, -0.2) is 75.2 Å². The van der Waals surface area contributed by atoms with Gasteiger partial charge in [-0.05, 0) is 36.7 Å². The lowest BCUT2D eigenvalue weighted by Crippen LogP contribution is -2.47. The number of rotatable bonds is 8. The molecule has 1 aliphatic heterocycles. The molecule has 0 amide bonds. The molecule has 0 radical (unpaired) electrons. The summed E-state index contributed by atoms with van der Waals surface area (Å²) in [6.07, 6.45) is 6.18. The van der Waals surface area contributed by atoms with Crippen molar-refractivity contribution in [3.8, 4) is 5.75 Å². The van der Waals surface area contributed by atoms with E-state index in [-0.39, 0.29) is 5.75 Å². The Hall–Kier alpha value is -2.69. The zero-order valence-electron chi connectivity index (χ0n) is 17.8.